The number of rotatable bonds is 0. The standard InChI is InChI=1S/C6H4ClF3N2/c1-3-2-11-5(6(8,9)10)12-4(3)7/h2H,1H3. The van der Waals surface area contributed by atoms with E-state index in [-0.39, 0.29) is 5.15 Å². The Morgan fingerprint density at radius 2 is 2.00 bits per heavy atom. The summed E-state index contributed by atoms with van der Waals surface area (Å²) >= 11 is 5.37. The van der Waals surface area contributed by atoms with Crippen LogP contribution in [0.15, 0.2) is 6.20 Å². The van der Waals surface area contributed by atoms with Crippen molar-refractivity contribution >= 4 is 11.6 Å². The van der Waals surface area contributed by atoms with Gasteiger partial charge in [0.2, 0.25) is 5.82 Å². The van der Waals surface area contributed by atoms with E-state index in [9.17, 15) is 13.2 Å². The number of hydrogen-bond donors (Lipinski definition) is 0. The molecule has 6 heteroatoms. The largest absolute Gasteiger partial charge is 0.451 e. The Bertz CT molecular complexity index is 297. The number of nitrogens with zero attached hydrogens (tertiary/aromatic N) is 2. The lowest BCUT2D eigenvalue weighted by molar-refractivity contribution is -0.145. The average molecular weight is 197 g/mol. The molecule has 0 saturated carbocycles. The number of halogens is 4. The Morgan fingerprint density at radius 3 is 2.42 bits per heavy atom. The Kier molecular flexibility index (Phi) is 2.23. The molecule has 0 radical (unpaired) electrons. The Morgan fingerprint density at radius 1 is 1.42 bits per heavy atom. The zero-order chi connectivity index (χ0) is 9.35. The molecule has 12 heavy (non-hydrogen) atoms. The van der Waals surface area contributed by atoms with Crippen molar-refractivity contribution in [3.05, 3.63) is 22.7 Å². The third kappa shape index (κ3) is 1.85. The van der Waals surface area contributed by atoms with Gasteiger partial charge < -0.3 is 0 Å². The summed E-state index contributed by atoms with van der Waals surface area (Å²) in [5.74, 6) is -1.21. The van der Waals surface area contributed by atoms with Crippen molar-refractivity contribution in [2.45, 2.75) is 13.1 Å². The van der Waals surface area contributed by atoms with Gasteiger partial charge in [0, 0.05) is 11.8 Å². The molecular formula is C6H4ClF3N2. The monoisotopic (exact) mass is 196 g/mol. The van der Waals surface area contributed by atoms with Crippen molar-refractivity contribution in [2.24, 2.45) is 0 Å². The lowest BCUT2D eigenvalue weighted by Gasteiger charge is -2.04. The van der Waals surface area contributed by atoms with Crippen molar-refractivity contribution in [1.29, 1.82) is 0 Å². The SMILES string of the molecule is Cc1cnc(C(F)(F)F)nc1Cl. The molecule has 1 aromatic rings. The molecule has 0 spiro atoms. The first kappa shape index (κ1) is 9.25. The maximum atomic E-state index is 11.9. The minimum absolute atomic E-state index is 0.169. The van der Waals surface area contributed by atoms with Crippen molar-refractivity contribution in [3.63, 3.8) is 0 Å². The maximum absolute atomic E-state index is 11.9. The average Bonchev–Trinajstić information content (AvgIpc) is 1.92. The van der Waals surface area contributed by atoms with E-state index in [4.69, 9.17) is 11.6 Å². The van der Waals surface area contributed by atoms with Crippen LogP contribution in [0, 0.1) is 6.92 Å². The zero-order valence-corrected chi connectivity index (χ0v) is 6.74. The summed E-state index contributed by atoms with van der Waals surface area (Å²) in [5.41, 5.74) is 0.421. The van der Waals surface area contributed by atoms with E-state index in [2.05, 4.69) is 9.97 Å². The van der Waals surface area contributed by atoms with Crippen molar-refractivity contribution in [1.82, 2.24) is 9.97 Å². The van der Waals surface area contributed by atoms with Gasteiger partial charge in [0.15, 0.2) is 0 Å². The van der Waals surface area contributed by atoms with E-state index in [1.807, 2.05) is 0 Å². The van der Waals surface area contributed by atoms with Crippen LogP contribution in [0.5, 0.6) is 0 Å². The van der Waals surface area contributed by atoms with Gasteiger partial charge >= 0.3 is 6.18 Å². The third-order valence-electron chi connectivity index (χ3n) is 1.16. The molecule has 0 bridgehead atoms. The molecule has 2 nitrogen and oxygen atoms in total. The topological polar surface area (TPSA) is 25.8 Å². The Balaban J connectivity index is 3.14. The van der Waals surface area contributed by atoms with Gasteiger partial charge in [-0.15, -0.1) is 0 Å². The highest BCUT2D eigenvalue weighted by atomic mass is 35.5. The highest BCUT2D eigenvalue weighted by molar-refractivity contribution is 6.30. The molecular weight excluding hydrogens is 193 g/mol. The molecule has 0 atom stereocenters. The van der Waals surface area contributed by atoms with Crippen LogP contribution in [-0.2, 0) is 6.18 Å². The molecule has 0 aliphatic rings. The molecule has 0 amide bonds. The molecule has 1 aromatic heterocycles. The quantitative estimate of drug-likeness (QED) is 0.596. The third-order valence-corrected chi connectivity index (χ3v) is 1.55. The van der Waals surface area contributed by atoms with Gasteiger partial charge in [0.1, 0.15) is 5.15 Å². The molecule has 0 aromatic carbocycles. The van der Waals surface area contributed by atoms with Crippen LogP contribution < -0.4 is 0 Å². The normalized spacial score (nSPS) is 11.8. The molecule has 0 unspecified atom stereocenters. The second-order valence-electron chi connectivity index (χ2n) is 2.17. The number of aromatic nitrogens is 2. The van der Waals surface area contributed by atoms with Crippen LogP contribution >= 0.6 is 11.6 Å². The maximum Gasteiger partial charge on any atom is 0.451 e. The van der Waals surface area contributed by atoms with Gasteiger partial charge in [-0.2, -0.15) is 13.2 Å². The number of hydrogen-bond acceptors (Lipinski definition) is 2. The fraction of sp³-hybridized carbons (Fsp3) is 0.333. The van der Waals surface area contributed by atoms with E-state index < -0.39 is 12.0 Å². The van der Waals surface area contributed by atoms with Gasteiger partial charge in [0.05, 0.1) is 0 Å². The molecule has 1 heterocycles. The van der Waals surface area contributed by atoms with Crippen LogP contribution in [0.25, 0.3) is 0 Å². The summed E-state index contributed by atoms with van der Waals surface area (Å²) in [6, 6.07) is 0. The van der Waals surface area contributed by atoms with Crippen molar-refractivity contribution in [3.8, 4) is 0 Å². The highest BCUT2D eigenvalue weighted by Crippen LogP contribution is 2.27. The van der Waals surface area contributed by atoms with E-state index >= 15 is 0 Å². The predicted octanol–water partition coefficient (Wildman–Crippen LogP) is 2.46. The fourth-order valence-corrected chi connectivity index (χ4v) is 0.687. The molecule has 0 aliphatic heterocycles. The fourth-order valence-electron chi connectivity index (χ4n) is 0.558. The summed E-state index contributed by atoms with van der Waals surface area (Å²) in [6.07, 6.45) is -3.49. The van der Waals surface area contributed by atoms with Crippen LogP contribution in [0.3, 0.4) is 0 Å². The van der Waals surface area contributed by atoms with Gasteiger partial charge in [-0.25, -0.2) is 9.97 Å². The molecule has 1 rings (SSSR count). The molecule has 0 aliphatic carbocycles. The zero-order valence-electron chi connectivity index (χ0n) is 5.98. The molecule has 0 fully saturated rings. The second kappa shape index (κ2) is 2.90. The lowest BCUT2D eigenvalue weighted by atomic mass is 10.4. The first-order valence-corrected chi connectivity index (χ1v) is 3.35. The smallest absolute Gasteiger partial charge is 0.233 e. The predicted molar refractivity (Wildman–Crippen MR) is 36.8 cm³/mol. The summed E-state index contributed by atoms with van der Waals surface area (Å²) in [4.78, 5) is 6.16. The summed E-state index contributed by atoms with van der Waals surface area (Å²) in [5, 5.41) is -0.169. The Labute approximate surface area is 71.4 Å². The Hall–Kier alpha value is -0.840. The lowest BCUT2D eigenvalue weighted by Crippen LogP contribution is -2.11. The van der Waals surface area contributed by atoms with E-state index in [1.54, 1.807) is 0 Å². The second-order valence-corrected chi connectivity index (χ2v) is 2.52. The molecule has 0 N–H and O–H groups in total. The van der Waals surface area contributed by atoms with E-state index in [0.29, 0.717) is 5.56 Å². The minimum atomic E-state index is -4.53. The summed E-state index contributed by atoms with van der Waals surface area (Å²) < 4.78 is 35.7. The van der Waals surface area contributed by atoms with Crippen LogP contribution in [0.2, 0.25) is 5.15 Å². The van der Waals surface area contributed by atoms with Crippen LogP contribution in [0.4, 0.5) is 13.2 Å². The van der Waals surface area contributed by atoms with Crippen molar-refractivity contribution < 1.29 is 13.2 Å². The van der Waals surface area contributed by atoms with Gasteiger partial charge in [0.25, 0.3) is 0 Å². The summed E-state index contributed by atoms with van der Waals surface area (Å²) in [7, 11) is 0. The minimum Gasteiger partial charge on any atom is -0.233 e. The van der Waals surface area contributed by atoms with Crippen LogP contribution in [0.1, 0.15) is 11.4 Å². The van der Waals surface area contributed by atoms with E-state index in [1.165, 1.54) is 6.92 Å². The van der Waals surface area contributed by atoms with Gasteiger partial charge in [-0.05, 0) is 6.92 Å². The summed E-state index contributed by atoms with van der Waals surface area (Å²) in [6.45, 7) is 1.53. The van der Waals surface area contributed by atoms with Gasteiger partial charge in [-0.1, -0.05) is 11.6 Å². The highest BCUT2D eigenvalue weighted by Gasteiger charge is 2.34. The molecule has 66 valence electrons. The number of aryl methyl sites for hydroxylation is 1. The first-order chi connectivity index (χ1) is 5.41. The number of alkyl halides is 3. The van der Waals surface area contributed by atoms with E-state index in [0.717, 1.165) is 6.20 Å². The van der Waals surface area contributed by atoms with Crippen LogP contribution in [-0.4, -0.2) is 9.97 Å². The molecule has 0 saturated heterocycles. The first-order valence-electron chi connectivity index (χ1n) is 2.97. The van der Waals surface area contributed by atoms with Gasteiger partial charge in [-0.3, -0.25) is 0 Å². The van der Waals surface area contributed by atoms with Crippen molar-refractivity contribution in [2.75, 3.05) is 0 Å².